The van der Waals surface area contributed by atoms with Crippen molar-refractivity contribution in [2.45, 2.75) is 39.0 Å². The molecule has 1 aromatic rings. The molecule has 17 heavy (non-hydrogen) atoms. The van der Waals surface area contributed by atoms with Crippen molar-refractivity contribution < 1.29 is 4.79 Å². The lowest BCUT2D eigenvalue weighted by Crippen LogP contribution is -2.39. The quantitative estimate of drug-likeness (QED) is 0.758. The van der Waals surface area contributed by atoms with E-state index in [9.17, 15) is 4.79 Å². The van der Waals surface area contributed by atoms with Crippen molar-refractivity contribution in [1.82, 2.24) is 0 Å². The molecule has 2 rings (SSSR count). The second kappa shape index (κ2) is 5.85. The van der Waals surface area contributed by atoms with Crippen LogP contribution in [0.25, 0.3) is 0 Å². The molecule has 2 heteroatoms. The van der Waals surface area contributed by atoms with Crippen molar-refractivity contribution in [3.05, 3.63) is 30.3 Å². The van der Waals surface area contributed by atoms with Crippen LogP contribution >= 0.6 is 0 Å². The number of carbonyl (C=O) groups is 1. The lowest BCUT2D eigenvalue weighted by molar-refractivity contribution is -0.124. The van der Waals surface area contributed by atoms with Gasteiger partial charge in [-0.15, -0.1) is 0 Å². The van der Waals surface area contributed by atoms with Gasteiger partial charge in [-0.1, -0.05) is 38.0 Å². The Morgan fingerprint density at radius 3 is 2.53 bits per heavy atom. The van der Waals surface area contributed by atoms with Crippen LogP contribution in [0.4, 0.5) is 5.69 Å². The third-order valence-corrected chi connectivity index (χ3v) is 3.52. The normalized spacial score (nSPS) is 15.4. The first-order valence-electron chi connectivity index (χ1n) is 6.69. The fourth-order valence-electron chi connectivity index (χ4n) is 2.17. The molecule has 0 aromatic heterocycles. The number of rotatable bonds is 5. The number of amides is 1. The minimum Gasteiger partial charge on any atom is -0.312 e. The molecule has 0 N–H and O–H groups in total. The maximum Gasteiger partial charge on any atom is 0.230 e. The number of hydrogen-bond acceptors (Lipinski definition) is 1. The molecule has 2 nitrogen and oxygen atoms in total. The Kier molecular flexibility index (Phi) is 4.18. The fraction of sp³-hybridized carbons (Fsp3) is 0.533. The van der Waals surface area contributed by atoms with Crippen LogP contribution in [0.1, 0.15) is 39.0 Å². The molecule has 1 amide bonds. The van der Waals surface area contributed by atoms with Gasteiger partial charge in [0.15, 0.2) is 0 Å². The van der Waals surface area contributed by atoms with Gasteiger partial charge in [0, 0.05) is 18.2 Å². The summed E-state index contributed by atoms with van der Waals surface area (Å²) in [6.07, 6.45) is 5.57. The van der Waals surface area contributed by atoms with E-state index in [1.807, 2.05) is 35.2 Å². The molecule has 1 aliphatic carbocycles. The van der Waals surface area contributed by atoms with Crippen molar-refractivity contribution in [2.75, 3.05) is 11.4 Å². The van der Waals surface area contributed by atoms with E-state index in [2.05, 4.69) is 6.92 Å². The Balaban J connectivity index is 2.09. The number of para-hydroxylation sites is 1. The number of anilines is 1. The Bertz CT molecular complexity index is 356. The van der Waals surface area contributed by atoms with Crippen LogP contribution in [0.15, 0.2) is 30.3 Å². The SMILES string of the molecule is CCCCN(C(=O)C1CCC1)c1ccccc1. The molecule has 0 radical (unpaired) electrons. The average molecular weight is 231 g/mol. The van der Waals surface area contributed by atoms with Crippen LogP contribution in [0.5, 0.6) is 0 Å². The van der Waals surface area contributed by atoms with Crippen LogP contribution < -0.4 is 4.90 Å². The van der Waals surface area contributed by atoms with Gasteiger partial charge in [0.25, 0.3) is 0 Å². The molecule has 1 saturated carbocycles. The average Bonchev–Trinajstić information content (AvgIpc) is 2.29. The first-order valence-corrected chi connectivity index (χ1v) is 6.69. The highest BCUT2D eigenvalue weighted by atomic mass is 16.2. The predicted molar refractivity (Wildman–Crippen MR) is 71.0 cm³/mol. The van der Waals surface area contributed by atoms with Crippen LogP contribution in [-0.4, -0.2) is 12.5 Å². The molecule has 0 spiro atoms. The summed E-state index contributed by atoms with van der Waals surface area (Å²) in [5.41, 5.74) is 1.05. The first kappa shape index (κ1) is 12.2. The minimum absolute atomic E-state index is 0.284. The molecule has 0 saturated heterocycles. The Morgan fingerprint density at radius 1 is 1.29 bits per heavy atom. The summed E-state index contributed by atoms with van der Waals surface area (Å²) < 4.78 is 0. The molecule has 1 fully saturated rings. The van der Waals surface area contributed by atoms with E-state index in [-0.39, 0.29) is 5.92 Å². The molecule has 1 aliphatic rings. The van der Waals surface area contributed by atoms with E-state index >= 15 is 0 Å². The largest absolute Gasteiger partial charge is 0.312 e. The highest BCUT2D eigenvalue weighted by molar-refractivity contribution is 5.95. The zero-order valence-electron chi connectivity index (χ0n) is 10.6. The Morgan fingerprint density at radius 2 is 2.00 bits per heavy atom. The van der Waals surface area contributed by atoms with Gasteiger partial charge in [0.1, 0.15) is 0 Å². The molecule has 0 atom stereocenters. The summed E-state index contributed by atoms with van der Waals surface area (Å²) in [5, 5.41) is 0. The van der Waals surface area contributed by atoms with Gasteiger partial charge in [0.05, 0.1) is 0 Å². The highest BCUT2D eigenvalue weighted by Gasteiger charge is 2.29. The molecular formula is C15H21NO. The van der Waals surface area contributed by atoms with Crippen LogP contribution in [0.3, 0.4) is 0 Å². The molecule has 0 aliphatic heterocycles. The van der Waals surface area contributed by atoms with E-state index in [4.69, 9.17) is 0 Å². The van der Waals surface area contributed by atoms with Crippen LogP contribution in [0, 0.1) is 5.92 Å². The first-order chi connectivity index (χ1) is 8.33. The topological polar surface area (TPSA) is 20.3 Å². The third kappa shape index (κ3) is 2.87. The van der Waals surface area contributed by atoms with Crippen LogP contribution in [0.2, 0.25) is 0 Å². The number of carbonyl (C=O) groups excluding carboxylic acids is 1. The van der Waals surface area contributed by atoms with Gasteiger partial charge in [-0.25, -0.2) is 0 Å². The smallest absolute Gasteiger partial charge is 0.230 e. The highest BCUT2D eigenvalue weighted by Crippen LogP contribution is 2.30. The van der Waals surface area contributed by atoms with Gasteiger partial charge in [-0.3, -0.25) is 4.79 Å². The number of unbranched alkanes of at least 4 members (excludes halogenated alkanes) is 1. The lowest BCUT2D eigenvalue weighted by atomic mass is 9.84. The summed E-state index contributed by atoms with van der Waals surface area (Å²) in [5.74, 6) is 0.614. The molecule has 0 bridgehead atoms. The standard InChI is InChI=1S/C15H21NO/c1-2-3-12-16(14-10-5-4-6-11-14)15(17)13-8-7-9-13/h4-6,10-11,13H,2-3,7-9,12H2,1H3. The van der Waals surface area contributed by atoms with Gasteiger partial charge in [-0.05, 0) is 31.4 Å². The minimum atomic E-state index is 0.284. The second-order valence-corrected chi connectivity index (χ2v) is 4.81. The summed E-state index contributed by atoms with van der Waals surface area (Å²) in [4.78, 5) is 14.3. The van der Waals surface area contributed by atoms with Crippen LogP contribution in [-0.2, 0) is 4.79 Å². The van der Waals surface area contributed by atoms with E-state index < -0.39 is 0 Å². The van der Waals surface area contributed by atoms with E-state index in [0.29, 0.717) is 5.91 Å². The zero-order valence-corrected chi connectivity index (χ0v) is 10.6. The second-order valence-electron chi connectivity index (χ2n) is 4.81. The molecular weight excluding hydrogens is 210 g/mol. The maximum absolute atomic E-state index is 12.4. The summed E-state index contributed by atoms with van der Waals surface area (Å²) >= 11 is 0. The molecule has 0 heterocycles. The summed E-state index contributed by atoms with van der Waals surface area (Å²) in [7, 11) is 0. The maximum atomic E-state index is 12.4. The van der Waals surface area contributed by atoms with Gasteiger partial charge in [-0.2, -0.15) is 0 Å². The third-order valence-electron chi connectivity index (χ3n) is 3.52. The predicted octanol–water partition coefficient (Wildman–Crippen LogP) is 3.62. The van der Waals surface area contributed by atoms with Crippen molar-refractivity contribution in [1.29, 1.82) is 0 Å². The Hall–Kier alpha value is -1.31. The fourth-order valence-corrected chi connectivity index (χ4v) is 2.17. The monoisotopic (exact) mass is 231 g/mol. The van der Waals surface area contributed by atoms with Crippen molar-refractivity contribution in [3.8, 4) is 0 Å². The Labute approximate surface area is 104 Å². The molecule has 92 valence electrons. The molecule has 0 unspecified atom stereocenters. The van der Waals surface area contributed by atoms with Gasteiger partial charge in [0.2, 0.25) is 5.91 Å². The number of benzene rings is 1. The zero-order chi connectivity index (χ0) is 12.1. The summed E-state index contributed by atoms with van der Waals surface area (Å²) in [6.45, 7) is 3.02. The van der Waals surface area contributed by atoms with Gasteiger partial charge < -0.3 is 4.90 Å². The lowest BCUT2D eigenvalue weighted by Gasteiger charge is -2.31. The summed E-state index contributed by atoms with van der Waals surface area (Å²) in [6, 6.07) is 10.1. The number of nitrogens with zero attached hydrogens (tertiary/aromatic N) is 1. The van der Waals surface area contributed by atoms with E-state index in [1.54, 1.807) is 0 Å². The number of hydrogen-bond donors (Lipinski definition) is 0. The van der Waals surface area contributed by atoms with Crippen molar-refractivity contribution >= 4 is 11.6 Å². The van der Waals surface area contributed by atoms with Crippen molar-refractivity contribution in [3.63, 3.8) is 0 Å². The molecule has 1 aromatic carbocycles. The van der Waals surface area contributed by atoms with Crippen molar-refractivity contribution in [2.24, 2.45) is 5.92 Å². The van der Waals surface area contributed by atoms with E-state index in [1.165, 1.54) is 6.42 Å². The van der Waals surface area contributed by atoms with E-state index in [0.717, 1.165) is 37.9 Å². The van der Waals surface area contributed by atoms with Gasteiger partial charge >= 0.3 is 0 Å².